The molecule has 1 rings (SSSR count). The standard InChI is InChI=1S/C16H24N2O/c1-6-13(9-17)10-18-15-8-14(11(2)3)16(19-5)7-12(15)4/h7-8,11,13,18H,6,10H2,1-5H3. The number of anilines is 1. The van der Waals surface area contributed by atoms with Crippen molar-refractivity contribution >= 4 is 5.69 Å². The SMILES string of the molecule is CCC(C#N)CNc1cc(C(C)C)c(OC)cc1C. The molecular weight excluding hydrogens is 236 g/mol. The molecular formula is C16H24N2O. The third-order valence-electron chi connectivity index (χ3n) is 3.41. The van der Waals surface area contributed by atoms with E-state index in [0.717, 1.165) is 23.4 Å². The highest BCUT2D eigenvalue weighted by molar-refractivity contribution is 5.58. The van der Waals surface area contributed by atoms with Gasteiger partial charge in [0.1, 0.15) is 5.75 Å². The zero-order valence-electron chi connectivity index (χ0n) is 12.6. The molecule has 0 amide bonds. The molecule has 0 saturated carbocycles. The number of rotatable bonds is 6. The predicted octanol–water partition coefficient (Wildman–Crippen LogP) is 4.09. The van der Waals surface area contributed by atoms with Gasteiger partial charge >= 0.3 is 0 Å². The van der Waals surface area contributed by atoms with Crippen molar-refractivity contribution in [3.63, 3.8) is 0 Å². The van der Waals surface area contributed by atoms with E-state index < -0.39 is 0 Å². The first kappa shape index (κ1) is 15.4. The predicted molar refractivity (Wildman–Crippen MR) is 79.7 cm³/mol. The molecule has 3 heteroatoms. The van der Waals surface area contributed by atoms with Crippen molar-refractivity contribution in [1.82, 2.24) is 0 Å². The van der Waals surface area contributed by atoms with Crippen LogP contribution >= 0.6 is 0 Å². The van der Waals surface area contributed by atoms with Gasteiger partial charge in [-0.3, -0.25) is 0 Å². The van der Waals surface area contributed by atoms with Crippen LogP contribution in [0.1, 0.15) is 44.2 Å². The summed E-state index contributed by atoms with van der Waals surface area (Å²) in [5, 5.41) is 12.4. The first-order chi connectivity index (χ1) is 9.03. The van der Waals surface area contributed by atoms with Gasteiger partial charge in [0.25, 0.3) is 0 Å². The second kappa shape index (κ2) is 7.04. The lowest BCUT2D eigenvalue weighted by atomic mass is 9.98. The Morgan fingerprint density at radius 3 is 2.53 bits per heavy atom. The normalized spacial score (nSPS) is 12.1. The minimum Gasteiger partial charge on any atom is -0.496 e. The molecule has 3 nitrogen and oxygen atoms in total. The smallest absolute Gasteiger partial charge is 0.122 e. The van der Waals surface area contributed by atoms with E-state index in [1.807, 2.05) is 6.92 Å². The van der Waals surface area contributed by atoms with Crippen molar-refractivity contribution in [2.45, 2.75) is 40.0 Å². The molecule has 0 fully saturated rings. The summed E-state index contributed by atoms with van der Waals surface area (Å²) in [7, 11) is 1.70. The second-order valence-electron chi connectivity index (χ2n) is 5.18. The third-order valence-corrected chi connectivity index (χ3v) is 3.41. The van der Waals surface area contributed by atoms with Crippen LogP contribution in [0.15, 0.2) is 12.1 Å². The van der Waals surface area contributed by atoms with Gasteiger partial charge in [0.05, 0.1) is 19.1 Å². The van der Waals surface area contributed by atoms with E-state index in [2.05, 4.69) is 44.3 Å². The Labute approximate surface area is 116 Å². The lowest BCUT2D eigenvalue weighted by Crippen LogP contribution is -2.13. The molecule has 0 radical (unpaired) electrons. The quantitative estimate of drug-likeness (QED) is 0.838. The van der Waals surface area contributed by atoms with Crippen molar-refractivity contribution in [3.05, 3.63) is 23.3 Å². The maximum atomic E-state index is 8.99. The van der Waals surface area contributed by atoms with Gasteiger partial charge in [-0.25, -0.2) is 0 Å². The monoisotopic (exact) mass is 260 g/mol. The largest absolute Gasteiger partial charge is 0.496 e. The van der Waals surface area contributed by atoms with Crippen molar-refractivity contribution in [2.24, 2.45) is 5.92 Å². The van der Waals surface area contributed by atoms with Crippen LogP contribution in [-0.4, -0.2) is 13.7 Å². The van der Waals surface area contributed by atoms with Crippen molar-refractivity contribution in [3.8, 4) is 11.8 Å². The van der Waals surface area contributed by atoms with Gasteiger partial charge in [-0.2, -0.15) is 5.26 Å². The lowest BCUT2D eigenvalue weighted by molar-refractivity contribution is 0.407. The zero-order valence-corrected chi connectivity index (χ0v) is 12.6. The minimum absolute atomic E-state index is 0.0593. The maximum Gasteiger partial charge on any atom is 0.122 e. The molecule has 0 saturated heterocycles. The second-order valence-corrected chi connectivity index (χ2v) is 5.18. The van der Waals surface area contributed by atoms with Crippen LogP contribution in [0.2, 0.25) is 0 Å². The molecule has 0 heterocycles. The van der Waals surface area contributed by atoms with Gasteiger partial charge in [0, 0.05) is 12.2 Å². The Hall–Kier alpha value is -1.69. The number of ether oxygens (including phenoxy) is 1. The summed E-state index contributed by atoms with van der Waals surface area (Å²) in [4.78, 5) is 0. The number of nitriles is 1. The van der Waals surface area contributed by atoms with Crippen LogP contribution < -0.4 is 10.1 Å². The van der Waals surface area contributed by atoms with Gasteiger partial charge in [-0.05, 0) is 42.5 Å². The van der Waals surface area contributed by atoms with E-state index in [1.54, 1.807) is 7.11 Å². The van der Waals surface area contributed by atoms with Crippen LogP contribution in [0, 0.1) is 24.2 Å². The fourth-order valence-electron chi connectivity index (χ4n) is 2.03. The Kier molecular flexibility index (Phi) is 5.69. The average Bonchev–Trinajstić information content (AvgIpc) is 2.40. The highest BCUT2D eigenvalue weighted by Crippen LogP contribution is 2.32. The molecule has 1 N–H and O–H groups in total. The van der Waals surface area contributed by atoms with E-state index in [-0.39, 0.29) is 5.92 Å². The fraction of sp³-hybridized carbons (Fsp3) is 0.562. The van der Waals surface area contributed by atoms with Crippen molar-refractivity contribution < 1.29 is 4.74 Å². The molecule has 1 aromatic carbocycles. The molecule has 0 bridgehead atoms. The van der Waals surface area contributed by atoms with Crippen LogP contribution in [0.25, 0.3) is 0 Å². The van der Waals surface area contributed by atoms with Gasteiger partial charge in [0.15, 0.2) is 0 Å². The third kappa shape index (κ3) is 3.89. The van der Waals surface area contributed by atoms with Gasteiger partial charge < -0.3 is 10.1 Å². The van der Waals surface area contributed by atoms with E-state index in [0.29, 0.717) is 12.5 Å². The lowest BCUT2D eigenvalue weighted by Gasteiger charge is -2.18. The Balaban J connectivity index is 2.96. The number of hydrogen-bond acceptors (Lipinski definition) is 3. The minimum atomic E-state index is 0.0593. The maximum absolute atomic E-state index is 8.99. The summed E-state index contributed by atoms with van der Waals surface area (Å²) in [5.74, 6) is 1.41. The molecule has 0 aliphatic carbocycles. The summed E-state index contributed by atoms with van der Waals surface area (Å²) in [5.41, 5.74) is 3.44. The summed E-state index contributed by atoms with van der Waals surface area (Å²) in [6.07, 6.45) is 0.871. The van der Waals surface area contributed by atoms with Crippen LogP contribution in [0.3, 0.4) is 0 Å². The topological polar surface area (TPSA) is 45.0 Å². The number of nitrogens with one attached hydrogen (secondary N) is 1. The van der Waals surface area contributed by atoms with E-state index in [9.17, 15) is 0 Å². The zero-order chi connectivity index (χ0) is 14.4. The molecule has 104 valence electrons. The Bertz CT molecular complexity index is 461. The molecule has 1 atom stereocenters. The molecule has 0 aromatic heterocycles. The van der Waals surface area contributed by atoms with Crippen LogP contribution in [-0.2, 0) is 0 Å². The number of hydrogen-bond donors (Lipinski definition) is 1. The highest BCUT2D eigenvalue weighted by Gasteiger charge is 2.12. The summed E-state index contributed by atoms with van der Waals surface area (Å²) >= 11 is 0. The van der Waals surface area contributed by atoms with Crippen LogP contribution in [0.4, 0.5) is 5.69 Å². The first-order valence-corrected chi connectivity index (χ1v) is 6.85. The Morgan fingerprint density at radius 2 is 2.05 bits per heavy atom. The van der Waals surface area contributed by atoms with E-state index in [4.69, 9.17) is 10.00 Å². The molecule has 1 aromatic rings. The molecule has 1 unspecified atom stereocenters. The average molecular weight is 260 g/mol. The molecule has 0 aliphatic rings. The van der Waals surface area contributed by atoms with Gasteiger partial charge in [-0.1, -0.05) is 20.8 Å². The fourth-order valence-corrected chi connectivity index (χ4v) is 2.03. The van der Waals surface area contributed by atoms with E-state index >= 15 is 0 Å². The van der Waals surface area contributed by atoms with Crippen molar-refractivity contribution in [1.29, 1.82) is 5.26 Å². The van der Waals surface area contributed by atoms with E-state index in [1.165, 1.54) is 5.56 Å². The first-order valence-electron chi connectivity index (χ1n) is 6.85. The summed E-state index contributed by atoms with van der Waals surface area (Å²) < 4.78 is 5.43. The number of benzene rings is 1. The number of nitrogens with zero attached hydrogens (tertiary/aromatic N) is 1. The van der Waals surface area contributed by atoms with Gasteiger partial charge in [0.2, 0.25) is 0 Å². The number of methoxy groups -OCH3 is 1. The summed E-state index contributed by atoms with van der Waals surface area (Å²) in [6, 6.07) is 6.52. The van der Waals surface area contributed by atoms with Crippen LogP contribution in [0.5, 0.6) is 5.75 Å². The molecule has 0 spiro atoms. The summed E-state index contributed by atoms with van der Waals surface area (Å²) in [6.45, 7) is 9.10. The van der Waals surface area contributed by atoms with Gasteiger partial charge in [-0.15, -0.1) is 0 Å². The highest BCUT2D eigenvalue weighted by atomic mass is 16.5. The van der Waals surface area contributed by atoms with Crippen molar-refractivity contribution in [2.75, 3.05) is 19.0 Å². The molecule has 19 heavy (non-hydrogen) atoms. The Morgan fingerprint density at radius 1 is 1.37 bits per heavy atom. The number of aryl methyl sites for hydroxylation is 1. The molecule has 0 aliphatic heterocycles.